The summed E-state index contributed by atoms with van der Waals surface area (Å²) >= 11 is 0. The zero-order valence-corrected chi connectivity index (χ0v) is 5.43. The average Bonchev–Trinajstić information content (AvgIpc) is 1.95. The van der Waals surface area contributed by atoms with Gasteiger partial charge in [-0.25, -0.2) is 0 Å². The minimum absolute atomic E-state index is 1.16. The second kappa shape index (κ2) is 2.14. The summed E-state index contributed by atoms with van der Waals surface area (Å²) in [6.07, 6.45) is -4.40. The molecule has 0 aliphatic carbocycles. The van der Waals surface area contributed by atoms with Crippen LogP contribution >= 0.6 is 0 Å². The van der Waals surface area contributed by atoms with Crippen molar-refractivity contribution in [1.29, 1.82) is 0 Å². The fourth-order valence-corrected chi connectivity index (χ4v) is 0.857. The minimum atomic E-state index is -1.85. The number of aliphatic hydroxyl groups is 4. The van der Waals surface area contributed by atoms with Gasteiger partial charge in [0.2, 0.25) is 0 Å². The van der Waals surface area contributed by atoms with E-state index < -0.39 is 24.3 Å². The summed E-state index contributed by atoms with van der Waals surface area (Å²) in [4.78, 5) is 0. The van der Waals surface area contributed by atoms with Gasteiger partial charge in [-0.1, -0.05) is 0 Å². The highest BCUT2D eigenvalue weighted by molar-refractivity contribution is 4.88. The average molecular weight is 150 g/mol. The van der Waals surface area contributed by atoms with Crippen molar-refractivity contribution in [2.75, 3.05) is 0 Å². The Morgan fingerprint density at radius 2 is 1.80 bits per heavy atom. The summed E-state index contributed by atoms with van der Waals surface area (Å²) in [5.74, 6) is -1.85. The lowest BCUT2D eigenvalue weighted by Crippen LogP contribution is -2.40. The molecule has 0 amide bonds. The van der Waals surface area contributed by atoms with Crippen LogP contribution in [0.25, 0.3) is 0 Å². The SMILES string of the molecule is C[C@@]1(O)OC(O)[C@@H](O)C1O. The molecule has 0 saturated carbocycles. The van der Waals surface area contributed by atoms with E-state index in [1.54, 1.807) is 0 Å². The van der Waals surface area contributed by atoms with Crippen molar-refractivity contribution in [3.63, 3.8) is 0 Å². The van der Waals surface area contributed by atoms with Gasteiger partial charge in [0.1, 0.15) is 12.2 Å². The molecule has 0 aromatic heterocycles. The van der Waals surface area contributed by atoms with Gasteiger partial charge in [0.05, 0.1) is 0 Å². The molecule has 4 atom stereocenters. The van der Waals surface area contributed by atoms with Gasteiger partial charge in [-0.2, -0.15) is 0 Å². The third kappa shape index (κ3) is 1.02. The lowest BCUT2D eigenvalue weighted by atomic mass is 10.1. The van der Waals surface area contributed by atoms with Crippen LogP contribution in [-0.2, 0) is 4.74 Å². The highest BCUT2D eigenvalue weighted by Gasteiger charge is 2.49. The van der Waals surface area contributed by atoms with Crippen LogP contribution in [0.15, 0.2) is 0 Å². The molecule has 2 unspecified atom stereocenters. The van der Waals surface area contributed by atoms with Crippen molar-refractivity contribution in [3.8, 4) is 0 Å². The number of rotatable bonds is 0. The number of hydrogen-bond acceptors (Lipinski definition) is 5. The van der Waals surface area contributed by atoms with Crippen LogP contribution in [-0.4, -0.2) is 44.7 Å². The molecular formula is C5H10O5. The predicted molar refractivity (Wildman–Crippen MR) is 29.7 cm³/mol. The van der Waals surface area contributed by atoms with Gasteiger partial charge in [-0.3, -0.25) is 0 Å². The molecule has 4 N–H and O–H groups in total. The van der Waals surface area contributed by atoms with E-state index in [1.807, 2.05) is 0 Å². The lowest BCUT2D eigenvalue weighted by Gasteiger charge is -2.19. The zero-order valence-electron chi connectivity index (χ0n) is 5.43. The van der Waals surface area contributed by atoms with Crippen molar-refractivity contribution < 1.29 is 25.2 Å². The highest BCUT2D eigenvalue weighted by Crippen LogP contribution is 2.26. The van der Waals surface area contributed by atoms with E-state index in [0.29, 0.717) is 0 Å². The smallest absolute Gasteiger partial charge is 0.194 e. The van der Waals surface area contributed by atoms with Gasteiger partial charge in [0, 0.05) is 0 Å². The normalized spacial score (nSPS) is 55.5. The van der Waals surface area contributed by atoms with Gasteiger partial charge in [-0.15, -0.1) is 0 Å². The van der Waals surface area contributed by atoms with E-state index in [2.05, 4.69) is 4.74 Å². The second-order valence-electron chi connectivity index (χ2n) is 2.50. The Balaban J connectivity index is 2.71. The van der Waals surface area contributed by atoms with E-state index in [-0.39, 0.29) is 0 Å². The summed E-state index contributed by atoms with van der Waals surface area (Å²) in [6.45, 7) is 1.16. The Bertz CT molecular complexity index is 134. The molecule has 5 heteroatoms. The van der Waals surface area contributed by atoms with Crippen LogP contribution in [0.3, 0.4) is 0 Å². The summed E-state index contributed by atoms with van der Waals surface area (Å²) in [7, 11) is 0. The molecule has 1 saturated heterocycles. The Labute approximate surface area is 57.5 Å². The Morgan fingerprint density at radius 3 is 1.90 bits per heavy atom. The van der Waals surface area contributed by atoms with Crippen LogP contribution in [0.5, 0.6) is 0 Å². The molecule has 1 aliphatic rings. The molecule has 1 fully saturated rings. The van der Waals surface area contributed by atoms with Crippen LogP contribution in [0.1, 0.15) is 6.92 Å². The molecule has 0 bridgehead atoms. The summed E-state index contributed by atoms with van der Waals surface area (Å²) in [5.41, 5.74) is 0. The fraction of sp³-hybridized carbons (Fsp3) is 1.00. The third-order valence-electron chi connectivity index (χ3n) is 1.52. The van der Waals surface area contributed by atoms with Gasteiger partial charge < -0.3 is 25.2 Å². The molecule has 0 aromatic rings. The van der Waals surface area contributed by atoms with Crippen LogP contribution in [0, 0.1) is 0 Å². The Kier molecular flexibility index (Phi) is 1.69. The van der Waals surface area contributed by atoms with Crippen LogP contribution < -0.4 is 0 Å². The van der Waals surface area contributed by atoms with Crippen molar-refractivity contribution in [3.05, 3.63) is 0 Å². The number of hydrogen-bond donors (Lipinski definition) is 4. The van der Waals surface area contributed by atoms with Crippen molar-refractivity contribution in [2.24, 2.45) is 0 Å². The fourth-order valence-electron chi connectivity index (χ4n) is 0.857. The first-order chi connectivity index (χ1) is 4.45. The van der Waals surface area contributed by atoms with Gasteiger partial charge in [-0.05, 0) is 6.92 Å². The van der Waals surface area contributed by atoms with E-state index in [4.69, 9.17) is 20.4 Å². The lowest BCUT2D eigenvalue weighted by molar-refractivity contribution is -0.247. The highest BCUT2D eigenvalue weighted by atomic mass is 16.7. The quantitative estimate of drug-likeness (QED) is 0.313. The van der Waals surface area contributed by atoms with E-state index >= 15 is 0 Å². The first-order valence-electron chi connectivity index (χ1n) is 2.89. The van der Waals surface area contributed by atoms with E-state index in [9.17, 15) is 0 Å². The van der Waals surface area contributed by atoms with Gasteiger partial charge >= 0.3 is 0 Å². The Hall–Kier alpha value is -0.200. The van der Waals surface area contributed by atoms with E-state index in [0.717, 1.165) is 6.92 Å². The molecule has 0 aromatic carbocycles. The van der Waals surface area contributed by atoms with E-state index in [1.165, 1.54) is 0 Å². The molecule has 0 spiro atoms. The molecule has 10 heavy (non-hydrogen) atoms. The molecular weight excluding hydrogens is 140 g/mol. The third-order valence-corrected chi connectivity index (χ3v) is 1.52. The zero-order chi connectivity index (χ0) is 7.94. The number of ether oxygens (including phenoxy) is 1. The summed E-state index contributed by atoms with van der Waals surface area (Å²) < 4.78 is 4.38. The van der Waals surface area contributed by atoms with Crippen LogP contribution in [0.2, 0.25) is 0 Å². The standard InChI is InChI=1S/C5H10O5/c1-5(9)3(7)2(6)4(8)10-5/h2-4,6-9H,1H3/t2-,3?,4?,5+/m0/s1. The maximum atomic E-state index is 9.01. The van der Waals surface area contributed by atoms with Crippen LogP contribution in [0.4, 0.5) is 0 Å². The number of aliphatic hydroxyl groups excluding tert-OH is 3. The monoisotopic (exact) mass is 150 g/mol. The first-order valence-corrected chi connectivity index (χ1v) is 2.89. The summed E-state index contributed by atoms with van der Waals surface area (Å²) in [5, 5.41) is 35.5. The van der Waals surface area contributed by atoms with Gasteiger partial charge in [0.25, 0.3) is 0 Å². The maximum absolute atomic E-state index is 9.01. The maximum Gasteiger partial charge on any atom is 0.194 e. The minimum Gasteiger partial charge on any atom is -0.385 e. The molecule has 1 heterocycles. The molecule has 0 radical (unpaired) electrons. The van der Waals surface area contributed by atoms with Crippen molar-refractivity contribution in [2.45, 2.75) is 31.2 Å². The molecule has 1 aliphatic heterocycles. The predicted octanol–water partition coefficient (Wildman–Crippen LogP) is -2.23. The van der Waals surface area contributed by atoms with Crippen molar-refractivity contribution in [1.82, 2.24) is 0 Å². The Morgan fingerprint density at radius 1 is 1.30 bits per heavy atom. The van der Waals surface area contributed by atoms with Gasteiger partial charge in [0.15, 0.2) is 12.1 Å². The molecule has 60 valence electrons. The summed E-state index contributed by atoms with van der Waals surface area (Å²) in [6, 6.07) is 0. The topological polar surface area (TPSA) is 90.2 Å². The first kappa shape index (κ1) is 7.90. The molecule has 5 nitrogen and oxygen atoms in total. The van der Waals surface area contributed by atoms with Crippen molar-refractivity contribution >= 4 is 0 Å². The largest absolute Gasteiger partial charge is 0.385 e. The molecule has 1 rings (SSSR count). The second-order valence-corrected chi connectivity index (χ2v) is 2.50.